The molecule has 8 amide bonds. The summed E-state index contributed by atoms with van der Waals surface area (Å²) in [5.74, 6) is -3.52. The summed E-state index contributed by atoms with van der Waals surface area (Å²) in [4.78, 5) is 102. The highest BCUT2D eigenvalue weighted by Crippen LogP contribution is 2.36. The van der Waals surface area contributed by atoms with Crippen molar-refractivity contribution in [2.24, 2.45) is 0 Å². The van der Waals surface area contributed by atoms with E-state index in [2.05, 4.69) is 20.7 Å². The Labute approximate surface area is 351 Å². The van der Waals surface area contributed by atoms with Crippen LogP contribution in [0.25, 0.3) is 10.9 Å². The van der Waals surface area contributed by atoms with Crippen molar-refractivity contribution in [1.82, 2.24) is 39.7 Å². The third-order valence-electron chi connectivity index (χ3n) is 11.4. The first kappa shape index (κ1) is 41.8. The van der Waals surface area contributed by atoms with E-state index in [-0.39, 0.29) is 66.8 Å². The number of benzene rings is 2. The number of imide groups is 2. The molecule has 1 unspecified atom stereocenters. The number of rotatable bonds is 10. The van der Waals surface area contributed by atoms with Gasteiger partial charge in [-0.15, -0.1) is 0 Å². The second-order valence-corrected chi connectivity index (χ2v) is 16.0. The Hall–Kier alpha value is -6.90. The van der Waals surface area contributed by atoms with Crippen LogP contribution in [0, 0.1) is 0 Å². The van der Waals surface area contributed by atoms with Gasteiger partial charge >= 0.3 is 12.2 Å². The van der Waals surface area contributed by atoms with Crippen molar-refractivity contribution in [2.75, 3.05) is 62.6 Å². The van der Waals surface area contributed by atoms with Gasteiger partial charge in [0.15, 0.2) is 0 Å². The Balaban J connectivity index is 0.860. The van der Waals surface area contributed by atoms with Gasteiger partial charge in [-0.3, -0.25) is 43.7 Å². The Morgan fingerprint density at radius 2 is 1.63 bits per heavy atom. The van der Waals surface area contributed by atoms with Crippen LogP contribution in [-0.4, -0.2) is 139 Å². The molecule has 2 aromatic heterocycles. The second-order valence-electron chi connectivity index (χ2n) is 16.0. The monoisotopic (exact) mass is 858 g/mol. The number of carbonyl (C=O) groups is 7. The van der Waals surface area contributed by atoms with Gasteiger partial charge in [-0.2, -0.15) is 18.3 Å². The number of piperazine rings is 1. The molecule has 4 aliphatic rings. The minimum atomic E-state index is -4.75. The van der Waals surface area contributed by atoms with E-state index in [4.69, 9.17) is 0 Å². The summed E-state index contributed by atoms with van der Waals surface area (Å²) in [6.07, 6.45) is -3.02. The van der Waals surface area contributed by atoms with E-state index in [9.17, 15) is 51.8 Å². The molecular formula is C41H41F3N10O8. The molecule has 8 rings (SSSR count). The van der Waals surface area contributed by atoms with Crippen molar-refractivity contribution in [1.29, 1.82) is 0 Å². The molecule has 18 nitrogen and oxygen atoms in total. The molecule has 4 aliphatic heterocycles. The van der Waals surface area contributed by atoms with Crippen LogP contribution in [0.15, 0.2) is 54.7 Å². The van der Waals surface area contributed by atoms with E-state index in [1.54, 1.807) is 44.9 Å². The average molecular weight is 859 g/mol. The number of hydrogen-bond donors (Lipinski definition) is 3. The van der Waals surface area contributed by atoms with Crippen LogP contribution < -0.4 is 15.5 Å². The summed E-state index contributed by atoms with van der Waals surface area (Å²) in [6.45, 7) is 5.32. The average Bonchev–Trinajstić information content (AvgIpc) is 3.87. The van der Waals surface area contributed by atoms with Crippen molar-refractivity contribution in [3.8, 4) is 0 Å². The molecule has 0 radical (unpaired) electrons. The van der Waals surface area contributed by atoms with Crippen molar-refractivity contribution in [3.63, 3.8) is 0 Å². The van der Waals surface area contributed by atoms with Gasteiger partial charge in [0, 0.05) is 75.1 Å². The molecule has 0 bridgehead atoms. The maximum absolute atomic E-state index is 13.6. The highest BCUT2D eigenvalue weighted by Gasteiger charge is 2.46. The highest BCUT2D eigenvalue weighted by atomic mass is 19.4. The molecule has 2 aromatic carbocycles. The number of fused-ring (bicyclic) bond motifs is 2. The molecule has 3 saturated heterocycles. The number of alkyl halides is 3. The smallest absolute Gasteiger partial charge is 0.386 e. The number of nitrogens with zero attached hydrogens (tertiary/aromatic N) is 8. The number of nitrogens with one attached hydrogen (secondary N) is 2. The quantitative estimate of drug-likeness (QED) is 0.197. The van der Waals surface area contributed by atoms with Crippen molar-refractivity contribution in [2.45, 2.75) is 51.1 Å². The van der Waals surface area contributed by atoms with Gasteiger partial charge in [-0.05, 0) is 56.7 Å². The van der Waals surface area contributed by atoms with Crippen LogP contribution in [0.2, 0.25) is 0 Å². The van der Waals surface area contributed by atoms with Gasteiger partial charge in [0.05, 0.1) is 34.5 Å². The van der Waals surface area contributed by atoms with Gasteiger partial charge in [-0.1, -0.05) is 12.1 Å². The molecule has 0 spiro atoms. The molecule has 1 atom stereocenters. The lowest BCUT2D eigenvalue weighted by Crippen LogP contribution is -2.54. The van der Waals surface area contributed by atoms with E-state index in [0.717, 1.165) is 23.1 Å². The molecule has 62 heavy (non-hydrogen) atoms. The summed E-state index contributed by atoms with van der Waals surface area (Å²) in [5.41, 5.74) is -1.43. The number of aliphatic hydroxyl groups is 1. The molecule has 324 valence electrons. The molecule has 0 saturated carbocycles. The standard InChI is InChI=1S/C41H41F3N10O8/c1-40(2,62)25-20-27-23(19-28(25)46-35(57)26-6-4-8-31(45-26)41(42,43)44)21-53(48-27)18-17-51-15-16-52(39(51)61)22-33(56)50-13-11-49(12-14-50)29-7-3-5-24-34(29)38(60)54(37(24)59)30-9-10-32(55)47-36(30)58/h3-8,19-21,30,62H,9-18,22H2,1-2H3,(H,46,57)(H,47,55,58). The van der Waals surface area contributed by atoms with Gasteiger partial charge in [0.25, 0.3) is 17.7 Å². The number of amides is 8. The summed E-state index contributed by atoms with van der Waals surface area (Å²) in [5, 5.41) is 20.8. The van der Waals surface area contributed by atoms with Gasteiger partial charge < -0.3 is 30.0 Å². The summed E-state index contributed by atoms with van der Waals surface area (Å²) in [6, 6.07) is 9.60. The fourth-order valence-corrected chi connectivity index (χ4v) is 8.18. The zero-order valence-corrected chi connectivity index (χ0v) is 33.6. The summed E-state index contributed by atoms with van der Waals surface area (Å²) in [7, 11) is 0. The van der Waals surface area contributed by atoms with Crippen LogP contribution in [0.1, 0.15) is 69.2 Å². The Morgan fingerprint density at radius 3 is 2.34 bits per heavy atom. The molecule has 21 heteroatoms. The van der Waals surface area contributed by atoms with E-state index < -0.39 is 58.7 Å². The molecule has 6 heterocycles. The van der Waals surface area contributed by atoms with Crippen LogP contribution in [0.5, 0.6) is 0 Å². The Morgan fingerprint density at radius 1 is 0.903 bits per heavy atom. The first-order valence-electron chi connectivity index (χ1n) is 19.9. The van der Waals surface area contributed by atoms with E-state index in [0.29, 0.717) is 55.9 Å². The first-order valence-corrected chi connectivity index (χ1v) is 19.9. The number of hydrogen-bond acceptors (Lipinski definition) is 11. The summed E-state index contributed by atoms with van der Waals surface area (Å²) < 4.78 is 41.3. The van der Waals surface area contributed by atoms with Crippen molar-refractivity contribution in [3.05, 3.63) is 82.8 Å². The Bertz CT molecular complexity index is 2550. The van der Waals surface area contributed by atoms with Crippen LogP contribution >= 0.6 is 0 Å². The van der Waals surface area contributed by atoms with E-state index in [1.807, 2.05) is 4.90 Å². The van der Waals surface area contributed by atoms with Gasteiger partial charge in [0.2, 0.25) is 17.7 Å². The third-order valence-corrected chi connectivity index (χ3v) is 11.4. The molecule has 0 aliphatic carbocycles. The first-order chi connectivity index (χ1) is 29.4. The lowest BCUT2D eigenvalue weighted by atomic mass is 9.95. The summed E-state index contributed by atoms with van der Waals surface area (Å²) >= 11 is 0. The predicted octanol–water partition coefficient (Wildman–Crippen LogP) is 2.42. The highest BCUT2D eigenvalue weighted by molar-refractivity contribution is 6.25. The van der Waals surface area contributed by atoms with Crippen molar-refractivity contribution >= 4 is 63.8 Å². The molecule has 3 N–H and O–H groups in total. The number of halogens is 3. The lowest BCUT2D eigenvalue weighted by Gasteiger charge is -2.37. The maximum Gasteiger partial charge on any atom is 0.433 e. The van der Waals surface area contributed by atoms with Gasteiger partial charge in [0.1, 0.15) is 24.0 Å². The normalized spacial score (nSPS) is 18.6. The SMILES string of the molecule is CC(C)(O)c1cc2nn(CCN3CCN(CC(=O)N4CCN(c5cccc6c5C(=O)N(C5CCC(=O)NC5=O)C6=O)CC4)C3=O)cc2cc1NC(=O)c1cccc(C(F)(F)F)n1. The number of pyridine rings is 1. The Kier molecular flexibility index (Phi) is 10.7. The maximum atomic E-state index is 13.6. The molecular weight excluding hydrogens is 818 g/mol. The number of aromatic nitrogens is 3. The zero-order valence-electron chi connectivity index (χ0n) is 33.6. The van der Waals surface area contributed by atoms with Crippen LogP contribution in [0.4, 0.5) is 29.3 Å². The van der Waals surface area contributed by atoms with Crippen molar-refractivity contribution < 1.29 is 51.8 Å². The number of piperidine rings is 1. The lowest BCUT2D eigenvalue weighted by molar-refractivity contribution is -0.141. The topological polar surface area (TPSA) is 211 Å². The van der Waals surface area contributed by atoms with Crippen LogP contribution in [-0.2, 0) is 32.7 Å². The molecule has 4 aromatic rings. The molecule has 3 fully saturated rings. The van der Waals surface area contributed by atoms with Crippen LogP contribution in [0.3, 0.4) is 0 Å². The van der Waals surface area contributed by atoms with E-state index >= 15 is 0 Å². The number of anilines is 2. The fourth-order valence-electron chi connectivity index (χ4n) is 8.18. The fraction of sp³-hybridized carbons (Fsp3) is 0.390. The predicted molar refractivity (Wildman–Crippen MR) is 213 cm³/mol. The van der Waals surface area contributed by atoms with E-state index in [1.165, 1.54) is 24.8 Å². The third kappa shape index (κ3) is 8.02. The largest absolute Gasteiger partial charge is 0.433 e. The minimum absolute atomic E-state index is 0.00906. The number of carbonyl (C=O) groups excluding carboxylic acids is 7. The second kappa shape index (κ2) is 15.9. The number of urea groups is 1. The van der Waals surface area contributed by atoms with Gasteiger partial charge in [-0.25, -0.2) is 9.78 Å². The zero-order chi connectivity index (χ0) is 44.2. The minimum Gasteiger partial charge on any atom is -0.386 e.